The molecule has 0 bridgehead atoms. The second-order valence-electron chi connectivity index (χ2n) is 3.69. The summed E-state index contributed by atoms with van der Waals surface area (Å²) in [7, 11) is 0. The summed E-state index contributed by atoms with van der Waals surface area (Å²) in [5, 5.41) is 4.26. The predicted molar refractivity (Wildman–Crippen MR) is 61.8 cm³/mol. The van der Waals surface area contributed by atoms with Crippen LogP contribution in [0.25, 0.3) is 0 Å². The number of benzene rings is 1. The Balaban J connectivity index is 1.93. The highest BCUT2D eigenvalue weighted by molar-refractivity contribution is 5.17. The molecule has 2 heteroatoms. The molecule has 0 atom stereocenters. The molecule has 1 heterocycles. The first-order valence-electron chi connectivity index (χ1n) is 5.43. The zero-order chi connectivity index (χ0) is 10.5. The molecule has 0 radical (unpaired) electrons. The number of hydrogen-bond donors (Lipinski definition) is 0. The van der Waals surface area contributed by atoms with E-state index in [0.717, 1.165) is 19.4 Å². The van der Waals surface area contributed by atoms with E-state index in [2.05, 4.69) is 48.6 Å². The molecular formula is C13H16N2. The number of rotatable bonds is 4. The molecule has 2 aromatic rings. The van der Waals surface area contributed by atoms with Crippen molar-refractivity contribution in [3.05, 3.63) is 53.9 Å². The van der Waals surface area contributed by atoms with Crippen LogP contribution in [0.5, 0.6) is 0 Å². The van der Waals surface area contributed by atoms with Crippen molar-refractivity contribution in [1.29, 1.82) is 0 Å². The van der Waals surface area contributed by atoms with Crippen molar-refractivity contribution in [3.63, 3.8) is 0 Å². The van der Waals surface area contributed by atoms with E-state index in [1.54, 1.807) is 0 Å². The van der Waals surface area contributed by atoms with Crippen molar-refractivity contribution in [2.75, 3.05) is 0 Å². The third-order valence-electron chi connectivity index (χ3n) is 2.56. The number of nitrogens with zero attached hydrogens (tertiary/aromatic N) is 2. The second kappa shape index (κ2) is 4.78. The molecule has 2 nitrogen and oxygen atoms in total. The maximum atomic E-state index is 4.26. The quantitative estimate of drug-likeness (QED) is 0.742. The summed E-state index contributed by atoms with van der Waals surface area (Å²) in [6.45, 7) is 3.05. The van der Waals surface area contributed by atoms with Gasteiger partial charge < -0.3 is 0 Å². The maximum absolute atomic E-state index is 4.26. The highest BCUT2D eigenvalue weighted by Gasteiger charge is 1.98. The van der Waals surface area contributed by atoms with Crippen LogP contribution in [-0.4, -0.2) is 9.78 Å². The molecule has 0 saturated carbocycles. The van der Waals surface area contributed by atoms with E-state index in [4.69, 9.17) is 0 Å². The summed E-state index contributed by atoms with van der Waals surface area (Å²) >= 11 is 0. The van der Waals surface area contributed by atoms with Gasteiger partial charge in [-0.15, -0.1) is 0 Å². The van der Waals surface area contributed by atoms with Crippen LogP contribution in [0, 0.1) is 0 Å². The smallest absolute Gasteiger partial charge is 0.0521 e. The van der Waals surface area contributed by atoms with E-state index >= 15 is 0 Å². The molecule has 0 fully saturated rings. The third kappa shape index (κ3) is 2.69. The fraction of sp³-hybridized carbons (Fsp3) is 0.308. The number of aryl methyl sites for hydroxylation is 3. The van der Waals surface area contributed by atoms with Crippen LogP contribution < -0.4 is 0 Å². The Hall–Kier alpha value is -1.57. The van der Waals surface area contributed by atoms with Crippen LogP contribution in [0.1, 0.15) is 18.1 Å². The first-order chi connectivity index (χ1) is 7.38. The van der Waals surface area contributed by atoms with Gasteiger partial charge in [0.05, 0.1) is 6.20 Å². The summed E-state index contributed by atoms with van der Waals surface area (Å²) < 4.78 is 1.97. The van der Waals surface area contributed by atoms with Gasteiger partial charge in [0.1, 0.15) is 0 Å². The van der Waals surface area contributed by atoms with E-state index in [9.17, 15) is 0 Å². The van der Waals surface area contributed by atoms with E-state index in [-0.39, 0.29) is 0 Å². The Labute approximate surface area is 90.6 Å². The first kappa shape index (κ1) is 9.97. The Kier molecular flexibility index (Phi) is 3.18. The Morgan fingerprint density at radius 2 is 1.80 bits per heavy atom. The predicted octanol–water partition coefficient (Wildman–Crippen LogP) is 2.69. The van der Waals surface area contributed by atoms with Crippen LogP contribution >= 0.6 is 0 Å². The fourth-order valence-electron chi connectivity index (χ4n) is 1.64. The summed E-state index contributed by atoms with van der Waals surface area (Å²) in [5.41, 5.74) is 2.71. The van der Waals surface area contributed by atoms with Gasteiger partial charge in [0.25, 0.3) is 0 Å². The lowest BCUT2D eigenvalue weighted by Crippen LogP contribution is -1.93. The number of hydrogen-bond acceptors (Lipinski definition) is 1. The minimum absolute atomic E-state index is 0.950. The van der Waals surface area contributed by atoms with Gasteiger partial charge in [0.2, 0.25) is 0 Å². The third-order valence-corrected chi connectivity index (χ3v) is 2.56. The van der Waals surface area contributed by atoms with Gasteiger partial charge in [-0.05, 0) is 30.9 Å². The second-order valence-corrected chi connectivity index (χ2v) is 3.69. The van der Waals surface area contributed by atoms with Crippen LogP contribution in [0.3, 0.4) is 0 Å². The highest BCUT2D eigenvalue weighted by atomic mass is 15.3. The Bertz CT molecular complexity index is 403. The fourth-order valence-corrected chi connectivity index (χ4v) is 1.64. The molecule has 1 aromatic carbocycles. The van der Waals surface area contributed by atoms with Gasteiger partial charge >= 0.3 is 0 Å². The minimum atomic E-state index is 0.950. The molecule has 0 saturated heterocycles. The summed E-state index contributed by atoms with van der Waals surface area (Å²) in [4.78, 5) is 0. The molecule has 0 unspecified atom stereocenters. The molecule has 0 N–H and O–H groups in total. The molecule has 15 heavy (non-hydrogen) atoms. The molecule has 2 rings (SSSR count). The molecule has 1 aromatic heterocycles. The minimum Gasteiger partial charge on any atom is -0.273 e. The van der Waals surface area contributed by atoms with Gasteiger partial charge in [0, 0.05) is 12.7 Å². The molecule has 0 aliphatic rings. The molecule has 0 aliphatic carbocycles. The SMILES string of the molecule is CCn1cc(CCc2ccccc2)cn1. The average Bonchev–Trinajstić information content (AvgIpc) is 2.76. The van der Waals surface area contributed by atoms with Crippen molar-refractivity contribution >= 4 is 0 Å². The van der Waals surface area contributed by atoms with E-state index < -0.39 is 0 Å². The molecule has 0 amide bonds. The van der Waals surface area contributed by atoms with Crippen LogP contribution in [0.2, 0.25) is 0 Å². The van der Waals surface area contributed by atoms with Gasteiger partial charge in [-0.1, -0.05) is 30.3 Å². The van der Waals surface area contributed by atoms with Crippen molar-refractivity contribution in [3.8, 4) is 0 Å². The lowest BCUT2D eigenvalue weighted by atomic mass is 10.1. The Morgan fingerprint density at radius 1 is 1.07 bits per heavy atom. The van der Waals surface area contributed by atoms with Crippen LogP contribution in [-0.2, 0) is 19.4 Å². The maximum Gasteiger partial charge on any atom is 0.0521 e. The lowest BCUT2D eigenvalue weighted by Gasteiger charge is -1.98. The van der Waals surface area contributed by atoms with Crippen molar-refractivity contribution < 1.29 is 0 Å². The van der Waals surface area contributed by atoms with E-state index in [1.807, 2.05) is 10.9 Å². The van der Waals surface area contributed by atoms with E-state index in [1.165, 1.54) is 11.1 Å². The molecule has 0 aliphatic heterocycles. The molecular weight excluding hydrogens is 184 g/mol. The molecule has 0 spiro atoms. The standard InChI is InChI=1S/C13H16N2/c1-2-15-11-13(10-14-15)9-8-12-6-4-3-5-7-12/h3-7,10-11H,2,8-9H2,1H3. The van der Waals surface area contributed by atoms with Crippen molar-refractivity contribution in [2.24, 2.45) is 0 Å². The summed E-state index contributed by atoms with van der Waals surface area (Å²) in [6.07, 6.45) is 6.26. The topological polar surface area (TPSA) is 17.8 Å². The van der Waals surface area contributed by atoms with Gasteiger partial charge in [-0.2, -0.15) is 5.10 Å². The van der Waals surface area contributed by atoms with Gasteiger partial charge in [0.15, 0.2) is 0 Å². The Morgan fingerprint density at radius 3 is 2.47 bits per heavy atom. The van der Waals surface area contributed by atoms with Crippen LogP contribution in [0.15, 0.2) is 42.7 Å². The monoisotopic (exact) mass is 200 g/mol. The van der Waals surface area contributed by atoms with Gasteiger partial charge in [-0.25, -0.2) is 0 Å². The van der Waals surface area contributed by atoms with E-state index in [0.29, 0.717) is 0 Å². The van der Waals surface area contributed by atoms with Crippen molar-refractivity contribution in [2.45, 2.75) is 26.3 Å². The van der Waals surface area contributed by atoms with Crippen molar-refractivity contribution in [1.82, 2.24) is 9.78 Å². The average molecular weight is 200 g/mol. The zero-order valence-electron chi connectivity index (χ0n) is 9.06. The largest absolute Gasteiger partial charge is 0.273 e. The van der Waals surface area contributed by atoms with Gasteiger partial charge in [-0.3, -0.25) is 4.68 Å². The lowest BCUT2D eigenvalue weighted by molar-refractivity contribution is 0.659. The van der Waals surface area contributed by atoms with Crippen LogP contribution in [0.4, 0.5) is 0 Å². The summed E-state index contributed by atoms with van der Waals surface area (Å²) in [5.74, 6) is 0. The number of aromatic nitrogens is 2. The normalized spacial score (nSPS) is 10.5. The first-order valence-corrected chi connectivity index (χ1v) is 5.43. The highest BCUT2D eigenvalue weighted by Crippen LogP contribution is 2.06. The zero-order valence-corrected chi connectivity index (χ0v) is 9.06. The summed E-state index contributed by atoms with van der Waals surface area (Å²) in [6, 6.07) is 10.6. The molecule has 78 valence electrons.